The SMILES string of the molecule is C=CCN(c1ccc(C(C)NCCC)c(Br)c1)C(C)(C)C. The van der Waals surface area contributed by atoms with Crippen molar-refractivity contribution < 1.29 is 0 Å². The van der Waals surface area contributed by atoms with Crippen LogP contribution in [0.1, 0.15) is 52.6 Å². The van der Waals surface area contributed by atoms with Crippen LogP contribution in [-0.2, 0) is 0 Å². The van der Waals surface area contributed by atoms with E-state index < -0.39 is 0 Å². The average Bonchev–Trinajstić information content (AvgIpc) is 2.40. The van der Waals surface area contributed by atoms with Gasteiger partial charge in [-0.2, -0.15) is 0 Å². The second-order valence-corrected chi connectivity index (χ2v) is 7.31. The number of rotatable bonds is 7. The Kier molecular flexibility index (Phi) is 6.95. The number of nitrogens with one attached hydrogen (secondary N) is 1. The second-order valence-electron chi connectivity index (χ2n) is 6.45. The number of hydrogen-bond donors (Lipinski definition) is 1. The average molecular weight is 353 g/mol. The zero-order chi connectivity index (χ0) is 16.0. The summed E-state index contributed by atoms with van der Waals surface area (Å²) >= 11 is 3.73. The Hall–Kier alpha value is -0.800. The molecule has 0 aliphatic carbocycles. The highest BCUT2D eigenvalue weighted by atomic mass is 79.9. The molecule has 0 aliphatic heterocycles. The largest absolute Gasteiger partial charge is 0.363 e. The third-order valence-electron chi connectivity index (χ3n) is 3.58. The molecule has 1 atom stereocenters. The molecule has 0 spiro atoms. The topological polar surface area (TPSA) is 15.3 Å². The highest BCUT2D eigenvalue weighted by Crippen LogP contribution is 2.31. The van der Waals surface area contributed by atoms with Crippen LogP contribution >= 0.6 is 15.9 Å². The highest BCUT2D eigenvalue weighted by molar-refractivity contribution is 9.10. The summed E-state index contributed by atoms with van der Waals surface area (Å²) < 4.78 is 1.16. The van der Waals surface area contributed by atoms with Crippen molar-refractivity contribution in [1.29, 1.82) is 0 Å². The lowest BCUT2D eigenvalue weighted by molar-refractivity contribution is 0.522. The summed E-state index contributed by atoms with van der Waals surface area (Å²) in [5, 5.41) is 3.53. The molecule has 1 unspecified atom stereocenters. The van der Waals surface area contributed by atoms with Gasteiger partial charge in [0, 0.05) is 28.3 Å². The molecule has 0 fully saturated rings. The van der Waals surface area contributed by atoms with E-state index in [2.05, 4.69) is 85.5 Å². The maximum atomic E-state index is 3.88. The first-order valence-corrected chi connectivity index (χ1v) is 8.52. The molecule has 1 aromatic rings. The minimum absolute atomic E-state index is 0.0707. The Bertz CT molecular complexity index is 463. The normalized spacial score (nSPS) is 13.0. The molecule has 2 nitrogen and oxygen atoms in total. The van der Waals surface area contributed by atoms with Gasteiger partial charge in [-0.25, -0.2) is 0 Å². The molecular formula is C18H29BrN2. The molecule has 0 aromatic heterocycles. The fraction of sp³-hybridized carbons (Fsp3) is 0.556. The molecule has 0 saturated heterocycles. The van der Waals surface area contributed by atoms with Crippen LogP contribution in [0.15, 0.2) is 35.3 Å². The monoisotopic (exact) mass is 352 g/mol. The van der Waals surface area contributed by atoms with E-state index in [0.29, 0.717) is 6.04 Å². The maximum Gasteiger partial charge on any atom is 0.0384 e. The van der Waals surface area contributed by atoms with Crippen LogP contribution in [0.25, 0.3) is 0 Å². The van der Waals surface area contributed by atoms with Crippen molar-refractivity contribution in [2.75, 3.05) is 18.0 Å². The van der Waals surface area contributed by atoms with Crippen LogP contribution in [0.3, 0.4) is 0 Å². The van der Waals surface area contributed by atoms with Crippen molar-refractivity contribution in [3.63, 3.8) is 0 Å². The van der Waals surface area contributed by atoms with Gasteiger partial charge in [-0.1, -0.05) is 35.0 Å². The van der Waals surface area contributed by atoms with Crippen LogP contribution < -0.4 is 10.2 Å². The molecule has 0 radical (unpaired) electrons. The predicted octanol–water partition coefficient (Wildman–Crippen LogP) is 5.30. The third kappa shape index (κ3) is 5.15. The molecule has 0 aliphatic rings. The molecular weight excluding hydrogens is 324 g/mol. The Balaban J connectivity index is 3.02. The van der Waals surface area contributed by atoms with Crippen molar-refractivity contribution in [1.82, 2.24) is 5.32 Å². The third-order valence-corrected chi connectivity index (χ3v) is 4.27. The first-order chi connectivity index (χ1) is 9.81. The first kappa shape index (κ1) is 18.2. The Morgan fingerprint density at radius 3 is 2.52 bits per heavy atom. The van der Waals surface area contributed by atoms with Crippen LogP contribution in [-0.4, -0.2) is 18.6 Å². The summed E-state index contributed by atoms with van der Waals surface area (Å²) in [6.07, 6.45) is 3.11. The van der Waals surface area contributed by atoms with Crippen molar-refractivity contribution in [2.45, 2.75) is 52.6 Å². The quantitative estimate of drug-likeness (QED) is 0.669. The van der Waals surface area contributed by atoms with E-state index in [1.165, 1.54) is 11.3 Å². The van der Waals surface area contributed by atoms with Crippen LogP contribution in [0.5, 0.6) is 0 Å². The van der Waals surface area contributed by atoms with Crippen molar-refractivity contribution in [3.8, 4) is 0 Å². The first-order valence-electron chi connectivity index (χ1n) is 7.72. The van der Waals surface area contributed by atoms with Gasteiger partial charge in [0.2, 0.25) is 0 Å². The molecule has 1 N–H and O–H groups in total. The maximum absolute atomic E-state index is 3.88. The zero-order valence-corrected chi connectivity index (χ0v) is 15.6. The Labute approximate surface area is 138 Å². The molecule has 1 aromatic carbocycles. The summed E-state index contributed by atoms with van der Waals surface area (Å²) in [6, 6.07) is 7.00. The lowest BCUT2D eigenvalue weighted by atomic mass is 10.0. The van der Waals surface area contributed by atoms with Crippen LogP contribution in [0.4, 0.5) is 5.69 Å². The zero-order valence-electron chi connectivity index (χ0n) is 14.0. The van der Waals surface area contributed by atoms with Gasteiger partial charge in [0.1, 0.15) is 0 Å². The van der Waals surface area contributed by atoms with Crippen molar-refractivity contribution >= 4 is 21.6 Å². The fourth-order valence-electron chi connectivity index (χ4n) is 2.40. The van der Waals surface area contributed by atoms with Crippen LogP contribution in [0.2, 0.25) is 0 Å². The molecule has 0 amide bonds. The lowest BCUT2D eigenvalue weighted by Gasteiger charge is -2.37. The highest BCUT2D eigenvalue weighted by Gasteiger charge is 2.21. The minimum atomic E-state index is 0.0707. The Morgan fingerprint density at radius 2 is 2.05 bits per heavy atom. The van der Waals surface area contributed by atoms with E-state index >= 15 is 0 Å². The number of benzene rings is 1. The number of halogens is 1. The van der Waals surface area contributed by atoms with Gasteiger partial charge in [0.15, 0.2) is 0 Å². The Morgan fingerprint density at radius 1 is 1.38 bits per heavy atom. The summed E-state index contributed by atoms with van der Waals surface area (Å²) in [7, 11) is 0. The number of nitrogens with zero attached hydrogens (tertiary/aromatic N) is 1. The molecule has 0 bridgehead atoms. The molecule has 1 rings (SSSR count). The second kappa shape index (κ2) is 8.00. The van der Waals surface area contributed by atoms with E-state index in [1.54, 1.807) is 0 Å². The van der Waals surface area contributed by atoms with Gasteiger partial charge in [-0.15, -0.1) is 6.58 Å². The van der Waals surface area contributed by atoms with Gasteiger partial charge in [-0.3, -0.25) is 0 Å². The summed E-state index contributed by atoms with van der Waals surface area (Å²) in [4.78, 5) is 2.36. The van der Waals surface area contributed by atoms with Gasteiger partial charge in [0.05, 0.1) is 0 Å². The van der Waals surface area contributed by atoms with Gasteiger partial charge >= 0.3 is 0 Å². The minimum Gasteiger partial charge on any atom is -0.363 e. The number of hydrogen-bond acceptors (Lipinski definition) is 2. The summed E-state index contributed by atoms with van der Waals surface area (Å²) in [5.41, 5.74) is 2.60. The summed E-state index contributed by atoms with van der Waals surface area (Å²) in [6.45, 7) is 16.8. The molecule has 118 valence electrons. The van der Waals surface area contributed by atoms with Gasteiger partial charge < -0.3 is 10.2 Å². The summed E-state index contributed by atoms with van der Waals surface area (Å²) in [5.74, 6) is 0. The van der Waals surface area contributed by atoms with Gasteiger partial charge in [0.25, 0.3) is 0 Å². The molecule has 0 heterocycles. The van der Waals surface area contributed by atoms with Crippen LogP contribution in [0, 0.1) is 0 Å². The van der Waals surface area contributed by atoms with Gasteiger partial charge in [-0.05, 0) is 58.4 Å². The van der Waals surface area contributed by atoms with Crippen molar-refractivity contribution in [3.05, 3.63) is 40.9 Å². The van der Waals surface area contributed by atoms with E-state index in [-0.39, 0.29) is 5.54 Å². The molecule has 0 saturated carbocycles. The van der Waals surface area contributed by atoms with E-state index in [9.17, 15) is 0 Å². The fourth-order valence-corrected chi connectivity index (χ4v) is 3.11. The molecule has 21 heavy (non-hydrogen) atoms. The predicted molar refractivity (Wildman–Crippen MR) is 98.1 cm³/mol. The van der Waals surface area contributed by atoms with E-state index in [4.69, 9.17) is 0 Å². The smallest absolute Gasteiger partial charge is 0.0384 e. The lowest BCUT2D eigenvalue weighted by Crippen LogP contribution is -2.41. The van der Waals surface area contributed by atoms with E-state index in [0.717, 1.165) is 24.0 Å². The van der Waals surface area contributed by atoms with Crippen molar-refractivity contribution in [2.24, 2.45) is 0 Å². The number of anilines is 1. The molecule has 3 heteroatoms. The standard InChI is InChI=1S/C18H29BrN2/c1-7-11-20-14(3)16-10-9-15(13-17(16)19)21(12-8-2)18(4,5)6/h8-10,13-14,20H,2,7,11-12H2,1,3-6H3. The van der Waals surface area contributed by atoms with E-state index in [1.807, 2.05) is 6.08 Å².